The molecule has 0 bridgehead atoms. The molecule has 0 aliphatic rings. The van der Waals surface area contributed by atoms with Crippen LogP contribution < -0.4 is 16.4 Å². The molecule has 4 N–H and O–H groups in total. The van der Waals surface area contributed by atoms with E-state index in [0.717, 1.165) is 11.0 Å². The number of anilines is 3. The molecule has 0 saturated heterocycles. The first-order valence-corrected chi connectivity index (χ1v) is 9.55. The van der Waals surface area contributed by atoms with Crippen molar-refractivity contribution in [2.75, 3.05) is 30.5 Å². The highest BCUT2D eigenvalue weighted by molar-refractivity contribution is 5.96. The number of halogens is 3. The Labute approximate surface area is 185 Å². The molecule has 4 rings (SSSR count). The van der Waals surface area contributed by atoms with Crippen LogP contribution in [0.15, 0.2) is 36.4 Å². The average molecular weight is 457 g/mol. The van der Waals surface area contributed by atoms with E-state index < -0.39 is 23.5 Å². The van der Waals surface area contributed by atoms with Gasteiger partial charge in [-0.05, 0) is 12.1 Å². The lowest BCUT2D eigenvalue weighted by Crippen LogP contribution is -2.28. The second-order valence-electron chi connectivity index (χ2n) is 7.08. The van der Waals surface area contributed by atoms with Crippen LogP contribution in [0.2, 0.25) is 0 Å². The number of nitrogen functional groups attached to an aromatic ring is 2. The Morgan fingerprint density at radius 2 is 1.76 bits per heavy atom. The van der Waals surface area contributed by atoms with Crippen molar-refractivity contribution in [3.8, 4) is 11.5 Å². The summed E-state index contributed by atoms with van der Waals surface area (Å²) in [5.74, 6) is -2.75. The molecule has 0 unspecified atom stereocenters. The van der Waals surface area contributed by atoms with Gasteiger partial charge < -0.3 is 16.2 Å². The molecular formula is C21H18F3N7O2. The minimum Gasteiger partial charge on any atom is -0.452 e. The zero-order chi connectivity index (χ0) is 23.9. The van der Waals surface area contributed by atoms with Crippen molar-refractivity contribution in [2.45, 2.75) is 6.54 Å². The third kappa shape index (κ3) is 3.86. The number of carbonyl (C=O) groups is 1. The van der Waals surface area contributed by atoms with Gasteiger partial charge in [0.2, 0.25) is 0 Å². The molecule has 0 saturated carbocycles. The van der Waals surface area contributed by atoms with Crippen molar-refractivity contribution in [3.05, 3.63) is 59.4 Å². The second kappa shape index (κ2) is 8.30. The van der Waals surface area contributed by atoms with Gasteiger partial charge in [0.1, 0.15) is 28.5 Å². The molecule has 2 heterocycles. The number of benzene rings is 2. The molecule has 4 aromatic rings. The fourth-order valence-corrected chi connectivity index (χ4v) is 3.47. The molecule has 0 atom stereocenters. The summed E-state index contributed by atoms with van der Waals surface area (Å²) in [6, 6.07) is 7.69. The Bertz CT molecular complexity index is 1370. The van der Waals surface area contributed by atoms with Crippen LogP contribution in [-0.4, -0.2) is 40.0 Å². The van der Waals surface area contributed by atoms with E-state index in [4.69, 9.17) is 11.5 Å². The smallest absolute Gasteiger partial charge is 0.413 e. The van der Waals surface area contributed by atoms with Crippen LogP contribution in [0.4, 0.5) is 35.3 Å². The molecule has 9 nitrogen and oxygen atoms in total. The first-order chi connectivity index (χ1) is 15.7. The monoisotopic (exact) mass is 457 g/mol. The number of carbonyl (C=O) groups excluding carboxylic acids is 1. The van der Waals surface area contributed by atoms with Gasteiger partial charge in [-0.3, -0.25) is 9.58 Å². The Hall–Kier alpha value is -4.35. The van der Waals surface area contributed by atoms with Crippen molar-refractivity contribution in [2.24, 2.45) is 0 Å². The highest BCUT2D eigenvalue weighted by atomic mass is 19.1. The topological polar surface area (TPSA) is 125 Å². The lowest BCUT2D eigenvalue weighted by molar-refractivity contribution is 0.180. The number of aromatic nitrogens is 4. The molecule has 0 aliphatic carbocycles. The molecule has 2 aromatic heterocycles. The zero-order valence-electron chi connectivity index (χ0n) is 17.5. The van der Waals surface area contributed by atoms with Gasteiger partial charge in [0.25, 0.3) is 0 Å². The number of nitrogens with zero attached hydrogens (tertiary/aromatic N) is 5. The number of methoxy groups -OCH3 is 1. The van der Waals surface area contributed by atoms with Gasteiger partial charge in [0.05, 0.1) is 13.7 Å². The van der Waals surface area contributed by atoms with Crippen molar-refractivity contribution in [3.63, 3.8) is 0 Å². The van der Waals surface area contributed by atoms with E-state index in [2.05, 4.69) is 19.8 Å². The number of nitrogens with two attached hydrogens (primary N) is 2. The summed E-state index contributed by atoms with van der Waals surface area (Å²) >= 11 is 0. The summed E-state index contributed by atoms with van der Waals surface area (Å²) in [6.07, 6.45) is -0.756. The summed E-state index contributed by atoms with van der Waals surface area (Å²) in [6.45, 7) is -0.139. The van der Waals surface area contributed by atoms with Crippen molar-refractivity contribution >= 4 is 34.3 Å². The summed E-state index contributed by atoms with van der Waals surface area (Å²) < 4.78 is 48.8. The summed E-state index contributed by atoms with van der Waals surface area (Å²) in [5, 5.41) is 4.35. The number of ether oxygens (including phenoxy) is 1. The first-order valence-electron chi connectivity index (χ1n) is 9.55. The van der Waals surface area contributed by atoms with E-state index in [1.54, 1.807) is 6.07 Å². The third-order valence-corrected chi connectivity index (χ3v) is 4.97. The normalized spacial score (nSPS) is 11.1. The van der Waals surface area contributed by atoms with Gasteiger partial charge in [-0.1, -0.05) is 18.2 Å². The van der Waals surface area contributed by atoms with Gasteiger partial charge in [-0.15, -0.1) is 0 Å². The van der Waals surface area contributed by atoms with Crippen LogP contribution in [0.5, 0.6) is 0 Å². The number of hydrogen-bond donors (Lipinski definition) is 2. The lowest BCUT2D eigenvalue weighted by atomic mass is 10.1. The van der Waals surface area contributed by atoms with Gasteiger partial charge >= 0.3 is 6.09 Å². The summed E-state index contributed by atoms with van der Waals surface area (Å²) in [4.78, 5) is 21.1. The summed E-state index contributed by atoms with van der Waals surface area (Å²) in [7, 11) is 2.54. The fraction of sp³-hybridized carbons (Fsp3) is 0.143. The van der Waals surface area contributed by atoms with Crippen LogP contribution in [0.25, 0.3) is 22.4 Å². The van der Waals surface area contributed by atoms with Crippen LogP contribution in [-0.2, 0) is 11.3 Å². The Kier molecular flexibility index (Phi) is 5.50. The van der Waals surface area contributed by atoms with Crippen LogP contribution >= 0.6 is 0 Å². The predicted octanol–water partition coefficient (Wildman–Crippen LogP) is 3.33. The van der Waals surface area contributed by atoms with Crippen molar-refractivity contribution in [1.82, 2.24) is 19.7 Å². The van der Waals surface area contributed by atoms with Gasteiger partial charge in [-0.25, -0.2) is 27.9 Å². The van der Waals surface area contributed by atoms with E-state index in [9.17, 15) is 18.0 Å². The molecule has 12 heteroatoms. The predicted molar refractivity (Wildman–Crippen MR) is 116 cm³/mol. The number of amides is 1. The zero-order valence-corrected chi connectivity index (χ0v) is 17.5. The minimum atomic E-state index is -0.900. The summed E-state index contributed by atoms with van der Waals surface area (Å²) in [5.41, 5.74) is 12.1. The molecule has 0 radical (unpaired) electrons. The Balaban J connectivity index is 1.90. The number of fused-ring (bicyclic) bond motifs is 1. The maximum Gasteiger partial charge on any atom is 0.413 e. The first kappa shape index (κ1) is 21.9. The van der Waals surface area contributed by atoms with Crippen LogP contribution in [0.1, 0.15) is 5.56 Å². The standard InChI is InChI=1S/C21H18F3N7O2/c1-30(21(32)33-2)17-18(25)27-20(28-19(17)26)15-12-7-11(22)8-14(24)16(12)31(29-15)9-10-5-3-4-6-13(10)23/h3-8H,9H2,1-2H3,(H4,25,26,27,28). The van der Waals surface area contributed by atoms with E-state index in [0.29, 0.717) is 6.07 Å². The average Bonchev–Trinajstić information content (AvgIpc) is 3.12. The number of rotatable bonds is 4. The largest absolute Gasteiger partial charge is 0.452 e. The van der Waals surface area contributed by atoms with Crippen molar-refractivity contribution < 1.29 is 22.7 Å². The molecule has 170 valence electrons. The lowest BCUT2D eigenvalue weighted by Gasteiger charge is -2.18. The highest BCUT2D eigenvalue weighted by Gasteiger charge is 2.24. The van der Waals surface area contributed by atoms with E-state index in [1.165, 1.54) is 37.0 Å². The molecule has 1 amide bonds. The van der Waals surface area contributed by atoms with Gasteiger partial charge in [0, 0.05) is 24.1 Å². The molecule has 0 fully saturated rings. The molecule has 0 aliphatic heterocycles. The minimum absolute atomic E-state index is 0.00180. The highest BCUT2D eigenvalue weighted by Crippen LogP contribution is 2.34. The van der Waals surface area contributed by atoms with E-state index >= 15 is 0 Å². The molecule has 2 aromatic carbocycles. The maximum atomic E-state index is 14.8. The quantitative estimate of drug-likeness (QED) is 0.482. The molecular weight excluding hydrogens is 439 g/mol. The maximum absolute atomic E-state index is 14.8. The Morgan fingerprint density at radius 1 is 1.09 bits per heavy atom. The molecule has 33 heavy (non-hydrogen) atoms. The third-order valence-electron chi connectivity index (χ3n) is 4.97. The van der Waals surface area contributed by atoms with Crippen molar-refractivity contribution in [1.29, 1.82) is 0 Å². The van der Waals surface area contributed by atoms with E-state index in [-0.39, 0.29) is 51.9 Å². The molecule has 0 spiro atoms. The number of hydrogen-bond acceptors (Lipinski definition) is 7. The Morgan fingerprint density at radius 3 is 2.39 bits per heavy atom. The SMILES string of the molecule is COC(=O)N(C)c1c(N)nc(-c2nn(Cc3ccccc3F)c3c(F)cc(F)cc23)nc1N. The van der Waals surface area contributed by atoms with Gasteiger partial charge in [-0.2, -0.15) is 5.10 Å². The van der Waals surface area contributed by atoms with E-state index in [1.807, 2.05) is 0 Å². The van der Waals surface area contributed by atoms with Crippen LogP contribution in [0, 0.1) is 17.5 Å². The van der Waals surface area contributed by atoms with Crippen LogP contribution in [0.3, 0.4) is 0 Å². The second-order valence-corrected chi connectivity index (χ2v) is 7.08. The fourth-order valence-electron chi connectivity index (χ4n) is 3.47. The van der Waals surface area contributed by atoms with Gasteiger partial charge in [0.15, 0.2) is 23.3 Å².